The summed E-state index contributed by atoms with van der Waals surface area (Å²) in [5, 5.41) is 2.87. The summed E-state index contributed by atoms with van der Waals surface area (Å²) in [4.78, 5) is 13.1. The van der Waals surface area contributed by atoms with Crippen LogP contribution in [0, 0.1) is 5.92 Å². The summed E-state index contributed by atoms with van der Waals surface area (Å²) in [6.45, 7) is 0.390. The van der Waals surface area contributed by atoms with E-state index in [-0.39, 0.29) is 18.5 Å². The van der Waals surface area contributed by atoms with Gasteiger partial charge < -0.3 is 10.2 Å². The van der Waals surface area contributed by atoms with E-state index in [1.807, 2.05) is 6.07 Å². The lowest BCUT2D eigenvalue weighted by Gasteiger charge is -2.30. The topological polar surface area (TPSA) is 32.3 Å². The predicted octanol–water partition coefficient (Wildman–Crippen LogP) is 3.29. The number of rotatable bonds is 6. The van der Waals surface area contributed by atoms with Gasteiger partial charge in [0.2, 0.25) is 5.91 Å². The van der Waals surface area contributed by atoms with Crippen LogP contribution in [0.15, 0.2) is 30.3 Å². The van der Waals surface area contributed by atoms with Gasteiger partial charge in [0.25, 0.3) is 0 Å². The molecule has 116 valence electrons. The van der Waals surface area contributed by atoms with Crippen molar-refractivity contribution in [2.45, 2.75) is 32.0 Å². The molecule has 1 aromatic carbocycles. The monoisotopic (exact) mass is 300 g/mol. The zero-order valence-corrected chi connectivity index (χ0v) is 11.9. The highest BCUT2D eigenvalue weighted by Gasteiger charge is 2.40. The summed E-state index contributed by atoms with van der Waals surface area (Å²) in [6.07, 6.45) is -2.57. The lowest BCUT2D eigenvalue weighted by atomic mass is 10.1. The van der Waals surface area contributed by atoms with Gasteiger partial charge >= 0.3 is 6.18 Å². The first-order valence-corrected chi connectivity index (χ1v) is 7.02. The smallest absolute Gasteiger partial charge is 0.376 e. The van der Waals surface area contributed by atoms with Crippen molar-refractivity contribution in [1.29, 1.82) is 0 Å². The normalized spacial score (nSPS) is 16.4. The van der Waals surface area contributed by atoms with Crippen molar-refractivity contribution in [3.05, 3.63) is 30.3 Å². The van der Waals surface area contributed by atoms with E-state index in [9.17, 15) is 18.0 Å². The Kier molecular flexibility index (Phi) is 4.75. The first kappa shape index (κ1) is 15.7. The summed E-state index contributed by atoms with van der Waals surface area (Å²) >= 11 is 0. The molecule has 21 heavy (non-hydrogen) atoms. The maximum absolute atomic E-state index is 12.7. The molecule has 1 saturated carbocycles. The quantitative estimate of drug-likeness (QED) is 0.874. The van der Waals surface area contributed by atoms with E-state index in [0.29, 0.717) is 0 Å². The molecule has 0 aromatic heterocycles. The third-order valence-corrected chi connectivity index (χ3v) is 3.68. The van der Waals surface area contributed by atoms with Crippen molar-refractivity contribution >= 4 is 11.6 Å². The highest BCUT2D eigenvalue weighted by atomic mass is 19.4. The van der Waals surface area contributed by atoms with E-state index in [0.717, 1.165) is 23.4 Å². The number of hydrogen-bond acceptors (Lipinski definition) is 2. The average molecular weight is 300 g/mol. The number of para-hydroxylation sites is 1. The Morgan fingerprint density at radius 2 is 1.95 bits per heavy atom. The molecule has 1 N–H and O–H groups in total. The molecule has 1 amide bonds. The number of nitrogens with zero attached hydrogens (tertiary/aromatic N) is 1. The molecule has 6 heteroatoms. The highest BCUT2D eigenvalue weighted by molar-refractivity contribution is 5.81. The fourth-order valence-corrected chi connectivity index (χ4v) is 2.32. The lowest BCUT2D eigenvalue weighted by molar-refractivity contribution is -0.164. The first-order valence-electron chi connectivity index (χ1n) is 7.02. The Labute approximate surface area is 122 Å². The van der Waals surface area contributed by atoms with Crippen molar-refractivity contribution in [1.82, 2.24) is 4.90 Å². The van der Waals surface area contributed by atoms with Crippen LogP contribution in [0.3, 0.4) is 0 Å². The van der Waals surface area contributed by atoms with Crippen LogP contribution in [-0.2, 0) is 4.79 Å². The van der Waals surface area contributed by atoms with E-state index < -0.39 is 18.6 Å². The minimum atomic E-state index is -4.37. The predicted molar refractivity (Wildman–Crippen MR) is 74.9 cm³/mol. The molecule has 1 aliphatic rings. The van der Waals surface area contributed by atoms with E-state index in [2.05, 4.69) is 5.32 Å². The van der Waals surface area contributed by atoms with Gasteiger partial charge in [-0.15, -0.1) is 0 Å². The van der Waals surface area contributed by atoms with E-state index in [1.165, 1.54) is 0 Å². The second kappa shape index (κ2) is 6.37. The summed E-state index contributed by atoms with van der Waals surface area (Å²) < 4.78 is 38.0. The number of hydrogen-bond donors (Lipinski definition) is 1. The van der Waals surface area contributed by atoms with E-state index >= 15 is 0 Å². The van der Waals surface area contributed by atoms with Crippen molar-refractivity contribution in [2.75, 3.05) is 18.4 Å². The van der Waals surface area contributed by atoms with Crippen molar-refractivity contribution in [2.24, 2.45) is 5.92 Å². The molecule has 0 saturated heterocycles. The van der Waals surface area contributed by atoms with Gasteiger partial charge in [0, 0.05) is 11.7 Å². The molecular weight excluding hydrogens is 281 g/mol. The molecule has 0 bridgehead atoms. The molecule has 0 aliphatic heterocycles. The van der Waals surface area contributed by atoms with Gasteiger partial charge in [-0.05, 0) is 37.8 Å². The average Bonchev–Trinajstić information content (AvgIpc) is 3.26. The molecule has 3 nitrogen and oxygen atoms in total. The SMILES string of the molecule is CC(C1CC1)N(CC(F)(F)F)C(=O)CNc1ccccc1. The largest absolute Gasteiger partial charge is 0.406 e. The molecule has 1 atom stereocenters. The Hall–Kier alpha value is -1.72. The van der Waals surface area contributed by atoms with Gasteiger partial charge in [-0.2, -0.15) is 13.2 Å². The number of benzene rings is 1. The summed E-state index contributed by atoms with van der Waals surface area (Å²) in [5.41, 5.74) is 0.719. The molecule has 1 aromatic rings. The number of alkyl halides is 3. The summed E-state index contributed by atoms with van der Waals surface area (Å²) in [6, 6.07) is 8.60. The van der Waals surface area contributed by atoms with Crippen LogP contribution in [0.1, 0.15) is 19.8 Å². The number of anilines is 1. The van der Waals surface area contributed by atoms with E-state index in [4.69, 9.17) is 0 Å². The Morgan fingerprint density at radius 1 is 1.33 bits per heavy atom. The standard InChI is InChI=1S/C15H19F3N2O/c1-11(12-7-8-12)20(10-15(16,17)18)14(21)9-19-13-5-3-2-4-6-13/h2-6,11-12,19H,7-10H2,1H3. The van der Waals surface area contributed by atoms with Gasteiger partial charge in [0.1, 0.15) is 6.54 Å². The van der Waals surface area contributed by atoms with Crippen molar-refractivity contribution < 1.29 is 18.0 Å². The number of carbonyl (C=O) groups excluding carboxylic acids is 1. The molecule has 0 heterocycles. The van der Waals surface area contributed by atoms with Crippen LogP contribution in [0.4, 0.5) is 18.9 Å². The summed E-state index contributed by atoms with van der Waals surface area (Å²) in [7, 11) is 0. The number of halogens is 3. The van der Waals surface area contributed by atoms with Gasteiger partial charge in [-0.25, -0.2) is 0 Å². The van der Waals surface area contributed by atoms with Crippen LogP contribution in [0.5, 0.6) is 0 Å². The van der Waals surface area contributed by atoms with Crippen LogP contribution in [0.2, 0.25) is 0 Å². The second-order valence-corrected chi connectivity index (χ2v) is 5.43. The van der Waals surface area contributed by atoms with E-state index in [1.54, 1.807) is 31.2 Å². The molecule has 0 spiro atoms. The Morgan fingerprint density at radius 3 is 2.48 bits per heavy atom. The Balaban J connectivity index is 1.96. The fraction of sp³-hybridized carbons (Fsp3) is 0.533. The minimum Gasteiger partial charge on any atom is -0.376 e. The second-order valence-electron chi connectivity index (χ2n) is 5.43. The van der Waals surface area contributed by atoms with Crippen molar-refractivity contribution in [3.8, 4) is 0 Å². The zero-order chi connectivity index (χ0) is 15.5. The maximum atomic E-state index is 12.7. The van der Waals surface area contributed by atoms with Crippen molar-refractivity contribution in [3.63, 3.8) is 0 Å². The molecule has 0 radical (unpaired) electrons. The third-order valence-electron chi connectivity index (χ3n) is 3.68. The fourth-order valence-electron chi connectivity index (χ4n) is 2.32. The Bertz CT molecular complexity index is 472. The molecule has 1 fully saturated rings. The molecule has 2 rings (SSSR count). The van der Waals surface area contributed by atoms with Gasteiger partial charge in [0.05, 0.1) is 6.54 Å². The van der Waals surface area contributed by atoms with Gasteiger partial charge in [0.15, 0.2) is 0 Å². The maximum Gasteiger partial charge on any atom is 0.406 e. The first-order chi connectivity index (χ1) is 9.87. The van der Waals surface area contributed by atoms with Crippen LogP contribution >= 0.6 is 0 Å². The molecule has 1 aliphatic carbocycles. The van der Waals surface area contributed by atoms with Crippen LogP contribution < -0.4 is 5.32 Å². The van der Waals surface area contributed by atoms with Gasteiger partial charge in [-0.1, -0.05) is 18.2 Å². The van der Waals surface area contributed by atoms with Crippen LogP contribution in [-0.4, -0.2) is 36.1 Å². The lowest BCUT2D eigenvalue weighted by Crippen LogP contribution is -2.47. The highest BCUT2D eigenvalue weighted by Crippen LogP contribution is 2.36. The number of carbonyl (C=O) groups is 1. The minimum absolute atomic E-state index is 0.128. The molecular formula is C15H19F3N2O. The summed E-state index contributed by atoms with van der Waals surface area (Å²) in [5.74, 6) is -0.316. The van der Waals surface area contributed by atoms with Crippen LogP contribution in [0.25, 0.3) is 0 Å². The number of amides is 1. The van der Waals surface area contributed by atoms with Gasteiger partial charge in [-0.3, -0.25) is 4.79 Å². The molecule has 1 unspecified atom stereocenters. The number of nitrogens with one attached hydrogen (secondary N) is 1. The zero-order valence-electron chi connectivity index (χ0n) is 11.9. The third kappa shape index (κ3) is 4.95.